The average Bonchev–Trinajstić information content (AvgIpc) is 2.15. The smallest absolute Gasteiger partial charge is 0.166 e. The third-order valence-electron chi connectivity index (χ3n) is 1.93. The normalized spacial score (nSPS) is 23.5. The van der Waals surface area contributed by atoms with Crippen LogP contribution in [0.25, 0.3) is 0 Å². The van der Waals surface area contributed by atoms with Gasteiger partial charge in [0.25, 0.3) is 0 Å². The van der Waals surface area contributed by atoms with E-state index in [-0.39, 0.29) is 11.9 Å². The van der Waals surface area contributed by atoms with E-state index in [0.717, 1.165) is 6.42 Å². The topological polar surface area (TPSA) is 44.8 Å². The van der Waals surface area contributed by atoms with Gasteiger partial charge in [0.1, 0.15) is 6.10 Å². The van der Waals surface area contributed by atoms with Gasteiger partial charge in [-0.3, -0.25) is 4.79 Å². The molecular weight excluding hydrogens is 172 g/mol. The highest BCUT2D eigenvalue weighted by Crippen LogP contribution is 2.06. The van der Waals surface area contributed by atoms with Crippen LogP contribution in [0.4, 0.5) is 0 Å². The van der Waals surface area contributed by atoms with Crippen molar-refractivity contribution in [1.82, 2.24) is 0 Å². The van der Waals surface area contributed by atoms with Crippen LogP contribution >= 0.6 is 0 Å². The van der Waals surface area contributed by atoms with Crippen molar-refractivity contribution < 1.29 is 19.0 Å². The molecule has 1 heterocycles. The van der Waals surface area contributed by atoms with Gasteiger partial charge in [0.2, 0.25) is 0 Å². The van der Waals surface area contributed by atoms with E-state index in [9.17, 15) is 4.79 Å². The Labute approximate surface area is 78.2 Å². The Morgan fingerprint density at radius 1 is 1.54 bits per heavy atom. The molecule has 0 spiro atoms. The van der Waals surface area contributed by atoms with Crippen LogP contribution in [0.15, 0.2) is 0 Å². The molecule has 0 bridgehead atoms. The van der Waals surface area contributed by atoms with Crippen molar-refractivity contribution >= 4 is 5.78 Å². The van der Waals surface area contributed by atoms with E-state index in [1.807, 2.05) is 0 Å². The molecule has 0 radical (unpaired) electrons. The Hall–Kier alpha value is -0.450. The molecule has 1 rings (SSSR count). The van der Waals surface area contributed by atoms with Crippen LogP contribution in [0.3, 0.4) is 0 Å². The largest absolute Gasteiger partial charge is 0.385 e. The summed E-state index contributed by atoms with van der Waals surface area (Å²) in [6, 6.07) is 0. The Morgan fingerprint density at radius 3 is 3.08 bits per heavy atom. The number of hydrogen-bond donors (Lipinski definition) is 0. The van der Waals surface area contributed by atoms with E-state index >= 15 is 0 Å². The highest BCUT2D eigenvalue weighted by molar-refractivity contribution is 5.83. The minimum absolute atomic E-state index is 0.156. The molecule has 0 aromatic carbocycles. The van der Waals surface area contributed by atoms with Crippen molar-refractivity contribution in [3.8, 4) is 0 Å². The van der Waals surface area contributed by atoms with Gasteiger partial charge in [-0.1, -0.05) is 0 Å². The van der Waals surface area contributed by atoms with Crippen molar-refractivity contribution in [2.24, 2.45) is 0 Å². The summed E-state index contributed by atoms with van der Waals surface area (Å²) in [5.74, 6) is 0.156. The summed E-state index contributed by atoms with van der Waals surface area (Å²) in [5.41, 5.74) is 0. The third-order valence-corrected chi connectivity index (χ3v) is 1.93. The van der Waals surface area contributed by atoms with Gasteiger partial charge < -0.3 is 14.2 Å². The van der Waals surface area contributed by atoms with E-state index in [1.165, 1.54) is 0 Å². The summed E-state index contributed by atoms with van der Waals surface area (Å²) in [7, 11) is 1.65. The summed E-state index contributed by atoms with van der Waals surface area (Å²) < 4.78 is 15.3. The highest BCUT2D eigenvalue weighted by atomic mass is 16.5. The van der Waals surface area contributed by atoms with Gasteiger partial charge in [0, 0.05) is 26.7 Å². The molecule has 4 heteroatoms. The number of carbonyl (C=O) groups is 1. The maximum absolute atomic E-state index is 11.2. The summed E-state index contributed by atoms with van der Waals surface area (Å²) in [5, 5.41) is 0. The van der Waals surface area contributed by atoms with Gasteiger partial charge >= 0.3 is 0 Å². The first kappa shape index (κ1) is 10.6. The van der Waals surface area contributed by atoms with E-state index in [0.29, 0.717) is 32.8 Å². The molecule has 0 amide bonds. The molecule has 1 unspecified atom stereocenters. The zero-order valence-electron chi connectivity index (χ0n) is 7.95. The first-order valence-electron chi connectivity index (χ1n) is 4.55. The molecule has 0 aromatic rings. The molecule has 76 valence electrons. The van der Waals surface area contributed by atoms with Crippen LogP contribution in [0.5, 0.6) is 0 Å². The first-order chi connectivity index (χ1) is 6.34. The van der Waals surface area contributed by atoms with Crippen molar-refractivity contribution in [1.29, 1.82) is 0 Å². The quantitative estimate of drug-likeness (QED) is 0.586. The number of rotatable bonds is 5. The van der Waals surface area contributed by atoms with Gasteiger partial charge in [-0.2, -0.15) is 0 Å². The van der Waals surface area contributed by atoms with Gasteiger partial charge in [-0.05, 0) is 6.42 Å². The van der Waals surface area contributed by atoms with Crippen LogP contribution in [0.1, 0.15) is 12.8 Å². The SMILES string of the molecule is COCCCOC1COCCC1=O. The van der Waals surface area contributed by atoms with Crippen LogP contribution in [0.2, 0.25) is 0 Å². The fraction of sp³-hybridized carbons (Fsp3) is 0.889. The number of methoxy groups -OCH3 is 1. The van der Waals surface area contributed by atoms with Gasteiger partial charge in [-0.15, -0.1) is 0 Å². The molecule has 0 saturated carbocycles. The maximum Gasteiger partial charge on any atom is 0.166 e. The lowest BCUT2D eigenvalue weighted by molar-refractivity contribution is -0.142. The van der Waals surface area contributed by atoms with Crippen molar-refractivity contribution in [2.45, 2.75) is 18.9 Å². The fourth-order valence-corrected chi connectivity index (χ4v) is 1.19. The van der Waals surface area contributed by atoms with E-state index in [4.69, 9.17) is 14.2 Å². The van der Waals surface area contributed by atoms with E-state index in [1.54, 1.807) is 7.11 Å². The number of ketones is 1. The van der Waals surface area contributed by atoms with Crippen LogP contribution < -0.4 is 0 Å². The molecule has 1 aliphatic heterocycles. The lowest BCUT2D eigenvalue weighted by atomic mass is 10.1. The zero-order chi connectivity index (χ0) is 9.52. The van der Waals surface area contributed by atoms with Crippen molar-refractivity contribution in [2.75, 3.05) is 33.5 Å². The molecule has 1 fully saturated rings. The van der Waals surface area contributed by atoms with Crippen LogP contribution in [0, 0.1) is 0 Å². The number of Topliss-reactive ketones (excluding diaryl/α,β-unsaturated/α-hetero) is 1. The zero-order valence-corrected chi connectivity index (χ0v) is 7.95. The molecule has 1 aliphatic rings. The van der Waals surface area contributed by atoms with Crippen LogP contribution in [-0.4, -0.2) is 45.4 Å². The number of carbonyl (C=O) groups excluding carboxylic acids is 1. The molecule has 0 N–H and O–H groups in total. The summed E-state index contributed by atoms with van der Waals surface area (Å²) in [6.07, 6.45) is 0.959. The second-order valence-corrected chi connectivity index (χ2v) is 3.00. The van der Waals surface area contributed by atoms with Gasteiger partial charge in [0.05, 0.1) is 13.2 Å². The predicted octanol–water partition coefficient (Wildman–Crippen LogP) is 0.397. The van der Waals surface area contributed by atoms with Gasteiger partial charge in [0.15, 0.2) is 5.78 Å². The Morgan fingerprint density at radius 2 is 2.38 bits per heavy atom. The molecule has 4 nitrogen and oxygen atoms in total. The summed E-state index contributed by atoms with van der Waals surface area (Å²) >= 11 is 0. The minimum atomic E-state index is -0.342. The van der Waals surface area contributed by atoms with E-state index < -0.39 is 0 Å². The Balaban J connectivity index is 2.08. The number of ether oxygens (including phenoxy) is 3. The van der Waals surface area contributed by atoms with Crippen molar-refractivity contribution in [3.63, 3.8) is 0 Å². The fourth-order valence-electron chi connectivity index (χ4n) is 1.19. The summed E-state index contributed by atoms with van der Waals surface area (Å²) in [4.78, 5) is 11.2. The average molecular weight is 188 g/mol. The second kappa shape index (κ2) is 6.07. The van der Waals surface area contributed by atoms with Crippen molar-refractivity contribution in [3.05, 3.63) is 0 Å². The monoisotopic (exact) mass is 188 g/mol. The standard InChI is InChI=1S/C9H16O4/c1-11-4-2-5-13-9-7-12-6-3-8(9)10/h9H,2-7H2,1H3. The molecule has 0 aromatic heterocycles. The molecular formula is C9H16O4. The second-order valence-electron chi connectivity index (χ2n) is 3.00. The Bertz CT molecular complexity index is 158. The maximum atomic E-state index is 11.2. The third kappa shape index (κ3) is 3.85. The first-order valence-corrected chi connectivity index (χ1v) is 4.55. The molecule has 1 atom stereocenters. The summed E-state index contributed by atoms with van der Waals surface area (Å²) in [6.45, 7) is 2.18. The number of hydrogen-bond acceptors (Lipinski definition) is 4. The molecule has 1 saturated heterocycles. The molecule has 0 aliphatic carbocycles. The lowest BCUT2D eigenvalue weighted by Crippen LogP contribution is -2.35. The molecule has 13 heavy (non-hydrogen) atoms. The predicted molar refractivity (Wildman–Crippen MR) is 46.7 cm³/mol. The lowest BCUT2D eigenvalue weighted by Gasteiger charge is -2.21. The minimum Gasteiger partial charge on any atom is -0.385 e. The van der Waals surface area contributed by atoms with Crippen LogP contribution in [-0.2, 0) is 19.0 Å². The van der Waals surface area contributed by atoms with E-state index in [2.05, 4.69) is 0 Å². The Kier molecular flexibility index (Phi) is 4.97. The highest BCUT2D eigenvalue weighted by Gasteiger charge is 2.22. The van der Waals surface area contributed by atoms with Gasteiger partial charge in [-0.25, -0.2) is 0 Å².